The van der Waals surface area contributed by atoms with E-state index in [0.29, 0.717) is 6.54 Å². The third kappa shape index (κ3) is 1.11. The van der Waals surface area contributed by atoms with Gasteiger partial charge >= 0.3 is 0 Å². The van der Waals surface area contributed by atoms with E-state index in [2.05, 4.69) is 4.98 Å². The molecule has 0 radical (unpaired) electrons. The fourth-order valence-electron chi connectivity index (χ4n) is 2.05. The predicted octanol–water partition coefficient (Wildman–Crippen LogP) is 1.46. The van der Waals surface area contributed by atoms with Crippen molar-refractivity contribution in [1.82, 2.24) is 9.38 Å². The van der Waals surface area contributed by atoms with E-state index in [-0.39, 0.29) is 11.4 Å². The van der Waals surface area contributed by atoms with Gasteiger partial charge in [-0.3, -0.25) is 4.40 Å². The zero-order valence-electron chi connectivity index (χ0n) is 8.28. The molecule has 0 amide bonds. The SMILES string of the molecule is NCC1(c2ncc3cccc(F)n23)CC1. The van der Waals surface area contributed by atoms with Gasteiger partial charge < -0.3 is 5.73 Å². The van der Waals surface area contributed by atoms with Crippen molar-refractivity contribution < 1.29 is 4.39 Å². The van der Waals surface area contributed by atoms with E-state index >= 15 is 0 Å². The lowest BCUT2D eigenvalue weighted by Crippen LogP contribution is -2.23. The van der Waals surface area contributed by atoms with Gasteiger partial charge in [0, 0.05) is 12.0 Å². The molecule has 1 aliphatic rings. The maximum Gasteiger partial charge on any atom is 0.199 e. The van der Waals surface area contributed by atoms with Crippen molar-refractivity contribution in [3.63, 3.8) is 0 Å². The lowest BCUT2D eigenvalue weighted by atomic mass is 10.1. The standard InChI is InChI=1S/C11H12FN3/c12-9-3-1-2-8-6-14-10(15(8)9)11(7-13)4-5-11/h1-3,6H,4-5,7,13H2. The highest BCUT2D eigenvalue weighted by Gasteiger charge is 2.46. The van der Waals surface area contributed by atoms with Crippen LogP contribution >= 0.6 is 0 Å². The zero-order valence-corrected chi connectivity index (χ0v) is 8.28. The number of nitrogens with zero attached hydrogens (tertiary/aromatic N) is 2. The number of halogens is 1. The number of pyridine rings is 1. The molecule has 0 aromatic carbocycles. The van der Waals surface area contributed by atoms with Crippen LogP contribution in [0.25, 0.3) is 5.52 Å². The Balaban J connectivity index is 2.28. The Morgan fingerprint density at radius 2 is 2.27 bits per heavy atom. The molecule has 0 unspecified atom stereocenters. The molecular formula is C11H12FN3. The molecule has 3 rings (SSSR count). The summed E-state index contributed by atoms with van der Waals surface area (Å²) in [4.78, 5) is 4.30. The molecule has 2 aromatic rings. The molecule has 1 saturated carbocycles. The van der Waals surface area contributed by atoms with Crippen LogP contribution in [-0.4, -0.2) is 15.9 Å². The number of aromatic nitrogens is 2. The van der Waals surface area contributed by atoms with Gasteiger partial charge in [-0.2, -0.15) is 4.39 Å². The molecule has 2 aromatic heterocycles. The fourth-order valence-corrected chi connectivity index (χ4v) is 2.05. The first-order chi connectivity index (χ1) is 7.27. The highest BCUT2D eigenvalue weighted by atomic mass is 19.1. The second-order valence-electron chi connectivity index (χ2n) is 4.18. The van der Waals surface area contributed by atoms with Crippen LogP contribution < -0.4 is 5.73 Å². The summed E-state index contributed by atoms with van der Waals surface area (Å²) < 4.78 is 15.2. The molecule has 1 aliphatic carbocycles. The number of hydrogen-bond acceptors (Lipinski definition) is 2. The average Bonchev–Trinajstić information content (AvgIpc) is 2.92. The van der Waals surface area contributed by atoms with Crippen molar-refractivity contribution in [2.45, 2.75) is 18.3 Å². The van der Waals surface area contributed by atoms with Crippen LogP contribution in [0.1, 0.15) is 18.7 Å². The van der Waals surface area contributed by atoms with Gasteiger partial charge in [0.15, 0.2) is 5.95 Å². The summed E-state index contributed by atoms with van der Waals surface area (Å²) in [5, 5.41) is 0. The third-order valence-corrected chi connectivity index (χ3v) is 3.22. The second kappa shape index (κ2) is 2.79. The van der Waals surface area contributed by atoms with Crippen molar-refractivity contribution in [3.05, 3.63) is 36.2 Å². The molecule has 0 atom stereocenters. The number of fused-ring (bicyclic) bond motifs is 1. The molecule has 3 nitrogen and oxygen atoms in total. The Bertz CT molecular complexity index is 514. The smallest absolute Gasteiger partial charge is 0.199 e. The lowest BCUT2D eigenvalue weighted by molar-refractivity contribution is 0.536. The molecule has 0 bridgehead atoms. The van der Waals surface area contributed by atoms with E-state index in [1.54, 1.807) is 16.7 Å². The first-order valence-electron chi connectivity index (χ1n) is 5.09. The maximum absolute atomic E-state index is 13.7. The fraction of sp³-hybridized carbons (Fsp3) is 0.364. The number of rotatable bonds is 2. The van der Waals surface area contributed by atoms with Gasteiger partial charge in [-0.05, 0) is 25.0 Å². The third-order valence-electron chi connectivity index (χ3n) is 3.22. The number of nitrogens with two attached hydrogens (primary N) is 1. The monoisotopic (exact) mass is 205 g/mol. The van der Waals surface area contributed by atoms with E-state index in [1.807, 2.05) is 6.07 Å². The van der Waals surface area contributed by atoms with Crippen molar-refractivity contribution in [1.29, 1.82) is 0 Å². The van der Waals surface area contributed by atoms with Crippen LogP contribution in [-0.2, 0) is 5.41 Å². The molecular weight excluding hydrogens is 193 g/mol. The quantitative estimate of drug-likeness (QED) is 0.754. The van der Waals surface area contributed by atoms with Gasteiger partial charge in [0.2, 0.25) is 0 Å². The van der Waals surface area contributed by atoms with Crippen LogP contribution in [0.4, 0.5) is 4.39 Å². The van der Waals surface area contributed by atoms with Crippen LogP contribution in [0.3, 0.4) is 0 Å². The summed E-state index contributed by atoms with van der Waals surface area (Å²) in [6.45, 7) is 0.542. The normalized spacial score (nSPS) is 18.3. The molecule has 1 fully saturated rings. The van der Waals surface area contributed by atoms with Gasteiger partial charge in [-0.1, -0.05) is 6.07 Å². The molecule has 0 spiro atoms. The Kier molecular flexibility index (Phi) is 1.65. The van der Waals surface area contributed by atoms with E-state index in [9.17, 15) is 4.39 Å². The predicted molar refractivity (Wildman–Crippen MR) is 55.1 cm³/mol. The molecule has 78 valence electrons. The van der Waals surface area contributed by atoms with E-state index in [0.717, 1.165) is 24.2 Å². The van der Waals surface area contributed by atoms with Crippen LogP contribution in [0.5, 0.6) is 0 Å². The molecule has 0 saturated heterocycles. The van der Waals surface area contributed by atoms with Crippen molar-refractivity contribution in [2.24, 2.45) is 5.73 Å². The Hall–Kier alpha value is -1.42. The first-order valence-corrected chi connectivity index (χ1v) is 5.09. The number of imidazole rings is 1. The summed E-state index contributed by atoms with van der Waals surface area (Å²) in [5.41, 5.74) is 6.45. The first kappa shape index (κ1) is 8.85. The highest BCUT2D eigenvalue weighted by Crippen LogP contribution is 2.46. The second-order valence-corrected chi connectivity index (χ2v) is 4.18. The Morgan fingerprint density at radius 3 is 2.93 bits per heavy atom. The van der Waals surface area contributed by atoms with Crippen LogP contribution in [0.2, 0.25) is 0 Å². The maximum atomic E-state index is 13.7. The average molecular weight is 205 g/mol. The minimum Gasteiger partial charge on any atom is -0.329 e. The van der Waals surface area contributed by atoms with Gasteiger partial charge in [0.05, 0.1) is 11.7 Å². The van der Waals surface area contributed by atoms with Crippen molar-refractivity contribution >= 4 is 5.52 Å². The number of hydrogen-bond donors (Lipinski definition) is 1. The Labute approximate surface area is 86.7 Å². The van der Waals surface area contributed by atoms with Gasteiger partial charge in [-0.25, -0.2) is 4.98 Å². The van der Waals surface area contributed by atoms with Gasteiger partial charge in [0.25, 0.3) is 0 Å². The molecule has 15 heavy (non-hydrogen) atoms. The summed E-state index contributed by atoms with van der Waals surface area (Å²) in [7, 11) is 0. The minimum atomic E-state index is -0.264. The topological polar surface area (TPSA) is 43.3 Å². The summed E-state index contributed by atoms with van der Waals surface area (Å²) in [6.07, 6.45) is 3.72. The lowest BCUT2D eigenvalue weighted by Gasteiger charge is -2.11. The van der Waals surface area contributed by atoms with Gasteiger partial charge in [-0.15, -0.1) is 0 Å². The molecule has 4 heteroatoms. The molecule has 2 heterocycles. The van der Waals surface area contributed by atoms with Crippen LogP contribution in [0, 0.1) is 5.95 Å². The molecule has 2 N–H and O–H groups in total. The Morgan fingerprint density at radius 1 is 1.47 bits per heavy atom. The highest BCUT2D eigenvalue weighted by molar-refractivity contribution is 5.47. The van der Waals surface area contributed by atoms with Crippen LogP contribution in [0.15, 0.2) is 24.4 Å². The van der Waals surface area contributed by atoms with E-state index < -0.39 is 0 Å². The van der Waals surface area contributed by atoms with E-state index in [1.165, 1.54) is 6.07 Å². The zero-order chi connectivity index (χ0) is 10.5. The van der Waals surface area contributed by atoms with E-state index in [4.69, 9.17) is 5.73 Å². The minimum absolute atomic E-state index is 0.0748. The van der Waals surface area contributed by atoms with Crippen molar-refractivity contribution in [2.75, 3.05) is 6.54 Å². The summed E-state index contributed by atoms with van der Waals surface area (Å²) in [5.74, 6) is 0.512. The summed E-state index contributed by atoms with van der Waals surface area (Å²) in [6, 6.07) is 5.00. The van der Waals surface area contributed by atoms with Crippen molar-refractivity contribution in [3.8, 4) is 0 Å². The van der Waals surface area contributed by atoms with Gasteiger partial charge in [0.1, 0.15) is 5.82 Å². The summed E-state index contributed by atoms with van der Waals surface area (Å²) >= 11 is 0. The molecule has 0 aliphatic heterocycles. The largest absolute Gasteiger partial charge is 0.329 e.